The van der Waals surface area contributed by atoms with Gasteiger partial charge in [-0.05, 0) is 51.0 Å². The van der Waals surface area contributed by atoms with E-state index in [1.54, 1.807) is 0 Å². The topological polar surface area (TPSA) is 67.8 Å². The van der Waals surface area contributed by atoms with Crippen molar-refractivity contribution in [2.45, 2.75) is 77.6 Å². The van der Waals surface area contributed by atoms with Gasteiger partial charge in [-0.3, -0.25) is 0 Å². The predicted molar refractivity (Wildman–Crippen MR) is 106 cm³/mol. The standard InChI is InChI=1S/C22H35NO4/c1-21(2,3)27-20(25)23-17-22(12-8-5-9-13-22)14-19(24)16-26-15-18-10-6-4-7-11-18/h4,6-7,10-11,19,24H,5,8-9,12-17H2,1-3H3,(H,23,25)/t19-/m1/s1. The molecule has 0 bridgehead atoms. The monoisotopic (exact) mass is 377 g/mol. The van der Waals surface area contributed by atoms with Crippen LogP contribution in [0, 0.1) is 5.41 Å². The van der Waals surface area contributed by atoms with Crippen molar-refractivity contribution >= 4 is 6.09 Å². The maximum Gasteiger partial charge on any atom is 0.407 e. The van der Waals surface area contributed by atoms with Crippen LogP contribution < -0.4 is 5.32 Å². The van der Waals surface area contributed by atoms with Crippen molar-refractivity contribution in [3.8, 4) is 0 Å². The van der Waals surface area contributed by atoms with E-state index in [0.717, 1.165) is 31.2 Å². The van der Waals surface area contributed by atoms with Gasteiger partial charge in [0.2, 0.25) is 0 Å². The number of aliphatic hydroxyl groups excluding tert-OH is 1. The highest BCUT2D eigenvalue weighted by Gasteiger charge is 2.35. The average Bonchev–Trinajstić information content (AvgIpc) is 2.60. The molecule has 0 unspecified atom stereocenters. The molecular weight excluding hydrogens is 342 g/mol. The number of hydrogen-bond acceptors (Lipinski definition) is 4. The van der Waals surface area contributed by atoms with Gasteiger partial charge in [0.1, 0.15) is 5.60 Å². The Balaban J connectivity index is 1.82. The van der Waals surface area contributed by atoms with Crippen LogP contribution in [-0.2, 0) is 16.1 Å². The lowest BCUT2D eigenvalue weighted by atomic mass is 9.70. The third-order valence-corrected chi connectivity index (χ3v) is 5.01. The van der Waals surface area contributed by atoms with Gasteiger partial charge in [-0.25, -0.2) is 4.79 Å². The third kappa shape index (κ3) is 8.31. The molecule has 27 heavy (non-hydrogen) atoms. The summed E-state index contributed by atoms with van der Waals surface area (Å²) >= 11 is 0. The van der Waals surface area contributed by atoms with Crippen LogP contribution in [0.4, 0.5) is 4.79 Å². The minimum absolute atomic E-state index is 0.0787. The fourth-order valence-electron chi connectivity index (χ4n) is 3.77. The highest BCUT2D eigenvalue weighted by atomic mass is 16.6. The summed E-state index contributed by atoms with van der Waals surface area (Å²) in [5.41, 5.74) is 0.517. The van der Waals surface area contributed by atoms with E-state index < -0.39 is 11.7 Å². The lowest BCUT2D eigenvalue weighted by Gasteiger charge is -2.39. The Morgan fingerprint density at radius 2 is 1.85 bits per heavy atom. The van der Waals surface area contributed by atoms with Crippen LogP contribution in [0.5, 0.6) is 0 Å². The molecule has 1 aliphatic rings. The number of carbonyl (C=O) groups excluding carboxylic acids is 1. The largest absolute Gasteiger partial charge is 0.444 e. The molecule has 1 amide bonds. The fraction of sp³-hybridized carbons (Fsp3) is 0.682. The summed E-state index contributed by atoms with van der Waals surface area (Å²) in [5, 5.41) is 13.5. The van der Waals surface area contributed by atoms with Gasteiger partial charge >= 0.3 is 6.09 Å². The number of alkyl carbamates (subject to hydrolysis) is 1. The lowest BCUT2D eigenvalue weighted by molar-refractivity contribution is -0.00822. The average molecular weight is 378 g/mol. The van der Waals surface area contributed by atoms with E-state index in [-0.39, 0.29) is 11.5 Å². The van der Waals surface area contributed by atoms with E-state index >= 15 is 0 Å². The Hall–Kier alpha value is -1.59. The van der Waals surface area contributed by atoms with Crippen molar-refractivity contribution in [3.63, 3.8) is 0 Å². The summed E-state index contributed by atoms with van der Waals surface area (Å²) in [6.07, 6.45) is 5.22. The summed E-state index contributed by atoms with van der Waals surface area (Å²) in [6, 6.07) is 9.96. The number of aliphatic hydroxyl groups is 1. The summed E-state index contributed by atoms with van der Waals surface area (Å²) in [6.45, 7) is 6.92. The van der Waals surface area contributed by atoms with Crippen molar-refractivity contribution in [2.75, 3.05) is 13.2 Å². The van der Waals surface area contributed by atoms with Crippen LogP contribution in [0.15, 0.2) is 30.3 Å². The van der Waals surface area contributed by atoms with Gasteiger partial charge in [-0.15, -0.1) is 0 Å². The van der Waals surface area contributed by atoms with Crippen LogP contribution in [0.25, 0.3) is 0 Å². The Bertz CT molecular complexity index is 561. The smallest absolute Gasteiger partial charge is 0.407 e. The van der Waals surface area contributed by atoms with Gasteiger partial charge in [0.05, 0.1) is 19.3 Å². The highest BCUT2D eigenvalue weighted by Crippen LogP contribution is 2.40. The highest BCUT2D eigenvalue weighted by molar-refractivity contribution is 5.67. The minimum Gasteiger partial charge on any atom is -0.444 e. The van der Waals surface area contributed by atoms with Crippen molar-refractivity contribution < 1.29 is 19.4 Å². The second kappa shape index (κ2) is 10.1. The molecular formula is C22H35NO4. The van der Waals surface area contributed by atoms with E-state index in [4.69, 9.17) is 9.47 Å². The second-order valence-electron chi connectivity index (χ2n) is 8.77. The molecule has 0 aliphatic heterocycles. The first kappa shape index (κ1) is 21.7. The van der Waals surface area contributed by atoms with Gasteiger partial charge in [0.25, 0.3) is 0 Å². The molecule has 1 atom stereocenters. The van der Waals surface area contributed by atoms with Gasteiger partial charge < -0.3 is 19.9 Å². The predicted octanol–water partition coefficient (Wildman–Crippen LogP) is 4.43. The summed E-state index contributed by atoms with van der Waals surface area (Å²) in [7, 11) is 0. The maximum atomic E-state index is 12.0. The van der Waals surface area contributed by atoms with Gasteiger partial charge in [0.15, 0.2) is 0 Å². The molecule has 0 radical (unpaired) electrons. The number of rotatable bonds is 8. The Labute approximate surface area is 163 Å². The number of hydrogen-bond donors (Lipinski definition) is 2. The number of carbonyl (C=O) groups is 1. The Morgan fingerprint density at radius 1 is 1.19 bits per heavy atom. The number of benzene rings is 1. The van der Waals surface area contributed by atoms with E-state index in [9.17, 15) is 9.90 Å². The van der Waals surface area contributed by atoms with E-state index in [2.05, 4.69) is 5.32 Å². The number of nitrogens with one attached hydrogen (secondary N) is 1. The van der Waals surface area contributed by atoms with Crippen LogP contribution in [-0.4, -0.2) is 36.1 Å². The molecule has 1 aromatic rings. The molecule has 0 spiro atoms. The zero-order valence-corrected chi connectivity index (χ0v) is 17.0. The molecule has 152 valence electrons. The first-order chi connectivity index (χ1) is 12.8. The van der Waals surface area contributed by atoms with Gasteiger partial charge in [-0.2, -0.15) is 0 Å². The van der Waals surface area contributed by atoms with Crippen molar-refractivity contribution in [2.24, 2.45) is 5.41 Å². The normalized spacial score (nSPS) is 17.9. The Morgan fingerprint density at radius 3 is 2.48 bits per heavy atom. The fourth-order valence-corrected chi connectivity index (χ4v) is 3.77. The SMILES string of the molecule is CC(C)(C)OC(=O)NCC1(C[C@@H](O)COCc2ccccc2)CCCCC1. The number of ether oxygens (including phenoxy) is 2. The van der Waals surface area contributed by atoms with Gasteiger partial charge in [0, 0.05) is 6.54 Å². The molecule has 0 saturated heterocycles. The first-order valence-electron chi connectivity index (χ1n) is 10.0. The molecule has 1 saturated carbocycles. The Kier molecular flexibility index (Phi) is 8.11. The molecule has 1 aromatic carbocycles. The van der Waals surface area contributed by atoms with Crippen LogP contribution in [0.1, 0.15) is 64.9 Å². The quantitative estimate of drug-likeness (QED) is 0.703. The third-order valence-electron chi connectivity index (χ3n) is 5.01. The van der Waals surface area contributed by atoms with E-state index in [0.29, 0.717) is 26.2 Å². The summed E-state index contributed by atoms with van der Waals surface area (Å²) in [4.78, 5) is 12.0. The molecule has 1 fully saturated rings. The molecule has 2 rings (SSSR count). The lowest BCUT2D eigenvalue weighted by Crippen LogP contribution is -2.43. The van der Waals surface area contributed by atoms with Crippen LogP contribution in [0.2, 0.25) is 0 Å². The molecule has 5 nitrogen and oxygen atoms in total. The zero-order valence-electron chi connectivity index (χ0n) is 17.0. The summed E-state index contributed by atoms with van der Waals surface area (Å²) < 4.78 is 11.1. The summed E-state index contributed by atoms with van der Waals surface area (Å²) in [5.74, 6) is 0. The maximum absolute atomic E-state index is 12.0. The molecule has 2 N–H and O–H groups in total. The van der Waals surface area contributed by atoms with Gasteiger partial charge in [-0.1, -0.05) is 49.6 Å². The van der Waals surface area contributed by atoms with E-state index in [1.807, 2.05) is 51.1 Å². The van der Waals surface area contributed by atoms with Crippen molar-refractivity contribution in [1.29, 1.82) is 0 Å². The van der Waals surface area contributed by atoms with Crippen LogP contribution in [0.3, 0.4) is 0 Å². The molecule has 0 heterocycles. The van der Waals surface area contributed by atoms with Crippen molar-refractivity contribution in [3.05, 3.63) is 35.9 Å². The zero-order chi connectivity index (χ0) is 19.8. The van der Waals surface area contributed by atoms with Crippen molar-refractivity contribution in [1.82, 2.24) is 5.32 Å². The second-order valence-corrected chi connectivity index (χ2v) is 8.77. The number of amides is 1. The van der Waals surface area contributed by atoms with E-state index in [1.165, 1.54) is 6.42 Å². The molecule has 0 aromatic heterocycles. The molecule has 5 heteroatoms. The van der Waals surface area contributed by atoms with Crippen LogP contribution >= 0.6 is 0 Å². The molecule has 1 aliphatic carbocycles. The minimum atomic E-state index is -0.535. The first-order valence-corrected chi connectivity index (χ1v) is 10.0.